The Morgan fingerprint density at radius 1 is 1.00 bits per heavy atom. The molecule has 1 amide bonds. The summed E-state index contributed by atoms with van der Waals surface area (Å²) in [4.78, 5) is 23.8. The Bertz CT molecular complexity index is 736. The van der Waals surface area contributed by atoms with Gasteiger partial charge in [0.2, 0.25) is 0 Å². The molecule has 126 valence electrons. The summed E-state index contributed by atoms with van der Waals surface area (Å²) < 4.78 is 10.4. The van der Waals surface area contributed by atoms with Crippen molar-refractivity contribution in [2.45, 2.75) is 26.9 Å². The highest BCUT2D eigenvalue weighted by atomic mass is 16.5. The average Bonchev–Trinajstić information content (AvgIpc) is 2.56. The second-order valence-electron chi connectivity index (χ2n) is 5.67. The van der Waals surface area contributed by atoms with E-state index in [2.05, 4.69) is 10.1 Å². The SMILES string of the molecule is COC(=O)c1ccc(NC(=O)c2ccc(C)c(OC(C)C)c2)cc1. The van der Waals surface area contributed by atoms with Gasteiger partial charge in [-0.3, -0.25) is 4.79 Å². The molecular formula is C19H21NO4. The number of aryl methyl sites for hydroxylation is 1. The highest BCUT2D eigenvalue weighted by Crippen LogP contribution is 2.22. The maximum absolute atomic E-state index is 12.4. The van der Waals surface area contributed by atoms with Gasteiger partial charge in [0, 0.05) is 11.3 Å². The van der Waals surface area contributed by atoms with E-state index in [9.17, 15) is 9.59 Å². The van der Waals surface area contributed by atoms with Crippen molar-refractivity contribution in [1.82, 2.24) is 0 Å². The van der Waals surface area contributed by atoms with Crippen molar-refractivity contribution in [2.75, 3.05) is 12.4 Å². The fourth-order valence-corrected chi connectivity index (χ4v) is 2.13. The van der Waals surface area contributed by atoms with E-state index in [4.69, 9.17) is 4.74 Å². The lowest BCUT2D eigenvalue weighted by molar-refractivity contribution is 0.0600. The van der Waals surface area contributed by atoms with Gasteiger partial charge in [-0.25, -0.2) is 4.79 Å². The molecule has 0 spiro atoms. The number of nitrogens with one attached hydrogen (secondary N) is 1. The number of methoxy groups -OCH3 is 1. The quantitative estimate of drug-likeness (QED) is 0.848. The zero-order valence-electron chi connectivity index (χ0n) is 14.3. The van der Waals surface area contributed by atoms with Crippen LogP contribution in [0.2, 0.25) is 0 Å². The van der Waals surface area contributed by atoms with Gasteiger partial charge in [-0.15, -0.1) is 0 Å². The Labute approximate surface area is 141 Å². The Morgan fingerprint density at radius 2 is 1.62 bits per heavy atom. The monoisotopic (exact) mass is 327 g/mol. The van der Waals surface area contributed by atoms with Crippen LogP contribution in [-0.4, -0.2) is 25.1 Å². The third-order valence-corrected chi connectivity index (χ3v) is 3.38. The van der Waals surface area contributed by atoms with Crippen LogP contribution in [0.3, 0.4) is 0 Å². The molecule has 2 aromatic carbocycles. The van der Waals surface area contributed by atoms with E-state index in [1.165, 1.54) is 7.11 Å². The summed E-state index contributed by atoms with van der Waals surface area (Å²) in [6.45, 7) is 5.81. The fraction of sp³-hybridized carbons (Fsp3) is 0.263. The van der Waals surface area contributed by atoms with Crippen LogP contribution in [0.4, 0.5) is 5.69 Å². The summed E-state index contributed by atoms with van der Waals surface area (Å²) in [5, 5.41) is 2.80. The van der Waals surface area contributed by atoms with Gasteiger partial charge >= 0.3 is 5.97 Å². The first-order valence-corrected chi connectivity index (χ1v) is 7.67. The average molecular weight is 327 g/mol. The minimum absolute atomic E-state index is 0.0351. The largest absolute Gasteiger partial charge is 0.491 e. The lowest BCUT2D eigenvalue weighted by Gasteiger charge is -2.14. The lowest BCUT2D eigenvalue weighted by Crippen LogP contribution is -2.13. The molecule has 5 heteroatoms. The molecule has 24 heavy (non-hydrogen) atoms. The summed E-state index contributed by atoms with van der Waals surface area (Å²) in [6.07, 6.45) is 0.0351. The standard InChI is InChI=1S/C19H21NO4/c1-12(2)24-17-11-15(6-5-13(17)3)18(21)20-16-9-7-14(8-10-16)19(22)23-4/h5-12H,1-4H3,(H,20,21). The van der Waals surface area contributed by atoms with E-state index < -0.39 is 5.97 Å². The number of carbonyl (C=O) groups is 2. The summed E-state index contributed by atoms with van der Waals surface area (Å²) in [5.74, 6) is 0.0370. The number of benzene rings is 2. The van der Waals surface area contributed by atoms with Gasteiger partial charge in [0.25, 0.3) is 5.91 Å². The Hall–Kier alpha value is -2.82. The van der Waals surface area contributed by atoms with Crippen LogP contribution in [-0.2, 0) is 4.74 Å². The van der Waals surface area contributed by atoms with E-state index in [1.54, 1.807) is 36.4 Å². The molecule has 0 aliphatic carbocycles. The van der Waals surface area contributed by atoms with Crippen molar-refractivity contribution < 1.29 is 19.1 Å². The van der Waals surface area contributed by atoms with Crippen molar-refractivity contribution in [1.29, 1.82) is 0 Å². The van der Waals surface area contributed by atoms with E-state index in [-0.39, 0.29) is 12.0 Å². The molecule has 0 saturated heterocycles. The summed E-state index contributed by atoms with van der Waals surface area (Å²) in [7, 11) is 1.33. The molecule has 0 aliphatic rings. The topological polar surface area (TPSA) is 64.6 Å². The number of rotatable bonds is 5. The van der Waals surface area contributed by atoms with Crippen LogP contribution in [0, 0.1) is 6.92 Å². The van der Waals surface area contributed by atoms with Crippen LogP contribution in [0.15, 0.2) is 42.5 Å². The second kappa shape index (κ2) is 7.64. The smallest absolute Gasteiger partial charge is 0.337 e. The number of hydrogen-bond donors (Lipinski definition) is 1. The number of hydrogen-bond acceptors (Lipinski definition) is 4. The number of esters is 1. The first-order valence-electron chi connectivity index (χ1n) is 7.67. The van der Waals surface area contributed by atoms with Crippen molar-refractivity contribution in [3.8, 4) is 5.75 Å². The normalized spacial score (nSPS) is 10.4. The van der Waals surface area contributed by atoms with Crippen LogP contribution < -0.4 is 10.1 Å². The third kappa shape index (κ3) is 4.35. The molecule has 1 N–H and O–H groups in total. The Kier molecular flexibility index (Phi) is 5.58. The Morgan fingerprint density at radius 3 is 2.21 bits per heavy atom. The summed E-state index contributed by atoms with van der Waals surface area (Å²) in [6, 6.07) is 11.8. The van der Waals surface area contributed by atoms with E-state index >= 15 is 0 Å². The zero-order chi connectivity index (χ0) is 17.7. The molecule has 2 rings (SSSR count). The van der Waals surface area contributed by atoms with Gasteiger partial charge in [-0.1, -0.05) is 6.07 Å². The van der Waals surface area contributed by atoms with Gasteiger partial charge in [-0.2, -0.15) is 0 Å². The highest BCUT2D eigenvalue weighted by Gasteiger charge is 2.11. The van der Waals surface area contributed by atoms with Crippen molar-refractivity contribution in [2.24, 2.45) is 0 Å². The minimum atomic E-state index is -0.415. The molecule has 0 fully saturated rings. The maximum Gasteiger partial charge on any atom is 0.337 e. The van der Waals surface area contributed by atoms with E-state index in [1.807, 2.05) is 26.8 Å². The summed E-state index contributed by atoms with van der Waals surface area (Å²) >= 11 is 0. The summed E-state index contributed by atoms with van der Waals surface area (Å²) in [5.41, 5.74) is 2.51. The molecular weight excluding hydrogens is 306 g/mol. The third-order valence-electron chi connectivity index (χ3n) is 3.38. The van der Waals surface area contributed by atoms with Gasteiger partial charge in [0.15, 0.2) is 0 Å². The molecule has 0 aromatic heterocycles. The first kappa shape index (κ1) is 17.5. The van der Waals surface area contributed by atoms with E-state index in [0.717, 1.165) is 5.56 Å². The predicted octanol–water partition coefficient (Wildman–Crippen LogP) is 3.82. The molecule has 0 radical (unpaired) electrons. The van der Waals surface area contributed by atoms with Crippen molar-refractivity contribution >= 4 is 17.6 Å². The lowest BCUT2D eigenvalue weighted by atomic mass is 10.1. The highest BCUT2D eigenvalue weighted by molar-refractivity contribution is 6.04. The first-order chi connectivity index (χ1) is 11.4. The zero-order valence-corrected chi connectivity index (χ0v) is 14.3. The molecule has 0 saturated carbocycles. The Balaban J connectivity index is 2.13. The van der Waals surface area contributed by atoms with Crippen molar-refractivity contribution in [3.05, 3.63) is 59.2 Å². The number of amides is 1. The molecule has 0 unspecified atom stereocenters. The molecule has 0 bridgehead atoms. The van der Waals surface area contributed by atoms with E-state index in [0.29, 0.717) is 22.6 Å². The molecule has 0 heterocycles. The van der Waals surface area contributed by atoms with Crippen LogP contribution in [0.25, 0.3) is 0 Å². The number of carbonyl (C=O) groups excluding carboxylic acids is 2. The molecule has 5 nitrogen and oxygen atoms in total. The second-order valence-corrected chi connectivity index (χ2v) is 5.67. The maximum atomic E-state index is 12.4. The van der Waals surface area contributed by atoms with Gasteiger partial charge in [-0.05, 0) is 62.7 Å². The van der Waals surface area contributed by atoms with Crippen LogP contribution in [0.5, 0.6) is 5.75 Å². The molecule has 0 atom stereocenters. The number of ether oxygens (including phenoxy) is 2. The predicted molar refractivity (Wildman–Crippen MR) is 92.7 cm³/mol. The molecule has 2 aromatic rings. The number of anilines is 1. The van der Waals surface area contributed by atoms with Crippen LogP contribution >= 0.6 is 0 Å². The van der Waals surface area contributed by atoms with Gasteiger partial charge in [0.05, 0.1) is 18.8 Å². The fourth-order valence-electron chi connectivity index (χ4n) is 2.13. The van der Waals surface area contributed by atoms with Gasteiger partial charge in [0.1, 0.15) is 5.75 Å². The van der Waals surface area contributed by atoms with Crippen LogP contribution in [0.1, 0.15) is 40.1 Å². The minimum Gasteiger partial charge on any atom is -0.491 e. The van der Waals surface area contributed by atoms with Gasteiger partial charge < -0.3 is 14.8 Å². The molecule has 0 aliphatic heterocycles. The van der Waals surface area contributed by atoms with Crippen molar-refractivity contribution in [3.63, 3.8) is 0 Å².